The second-order valence-electron chi connectivity index (χ2n) is 5.64. The summed E-state index contributed by atoms with van der Waals surface area (Å²) < 4.78 is 5.42. The molecule has 1 N–H and O–H groups in total. The topological polar surface area (TPSA) is 46.5 Å². The van der Waals surface area contributed by atoms with Gasteiger partial charge in [-0.15, -0.1) is 0 Å². The minimum absolute atomic E-state index is 0.184. The smallest absolute Gasteiger partial charge is 0.311 e. The van der Waals surface area contributed by atoms with E-state index in [-0.39, 0.29) is 18.3 Å². The van der Waals surface area contributed by atoms with Crippen molar-refractivity contribution in [1.82, 2.24) is 0 Å². The van der Waals surface area contributed by atoms with Crippen LogP contribution in [0.4, 0.5) is 0 Å². The van der Waals surface area contributed by atoms with Crippen molar-refractivity contribution in [2.45, 2.75) is 33.8 Å². The highest BCUT2D eigenvalue weighted by Gasteiger charge is 2.27. The molecular formula is C17H20O3. The summed E-state index contributed by atoms with van der Waals surface area (Å²) in [6.07, 6.45) is 0.745. The molecule has 2 aromatic carbocycles. The lowest BCUT2D eigenvalue weighted by Gasteiger charge is -2.20. The summed E-state index contributed by atoms with van der Waals surface area (Å²) in [5.74, 6) is 0.0505. The Morgan fingerprint density at radius 1 is 1.25 bits per heavy atom. The minimum Gasteiger partial charge on any atom is -0.508 e. The average Bonchev–Trinajstić information content (AvgIpc) is 2.44. The fourth-order valence-electron chi connectivity index (χ4n) is 1.95. The zero-order chi connectivity index (χ0) is 14.8. The molecule has 3 heteroatoms. The van der Waals surface area contributed by atoms with E-state index in [1.807, 2.05) is 45.0 Å². The van der Waals surface area contributed by atoms with Crippen molar-refractivity contribution < 1.29 is 14.6 Å². The lowest BCUT2D eigenvalue weighted by atomic mass is 9.91. The number of esters is 1. The fraction of sp³-hybridized carbons (Fsp3) is 0.353. The van der Waals surface area contributed by atoms with Crippen LogP contribution in [0.2, 0.25) is 0 Å². The number of carbonyl (C=O) groups is 1. The molecule has 0 bridgehead atoms. The van der Waals surface area contributed by atoms with Gasteiger partial charge >= 0.3 is 5.97 Å². The molecule has 0 radical (unpaired) electrons. The maximum absolute atomic E-state index is 12.0. The number of aromatic hydroxyl groups is 1. The highest BCUT2D eigenvalue weighted by molar-refractivity contribution is 5.87. The lowest BCUT2D eigenvalue weighted by Crippen LogP contribution is -2.25. The van der Waals surface area contributed by atoms with E-state index in [0.29, 0.717) is 0 Å². The van der Waals surface area contributed by atoms with Crippen LogP contribution >= 0.6 is 0 Å². The van der Waals surface area contributed by atoms with E-state index in [1.165, 1.54) is 0 Å². The van der Waals surface area contributed by atoms with Crippen molar-refractivity contribution in [3.63, 3.8) is 0 Å². The monoisotopic (exact) mass is 272 g/mol. The first-order valence-corrected chi connectivity index (χ1v) is 6.82. The highest BCUT2D eigenvalue weighted by Crippen LogP contribution is 2.26. The molecule has 0 spiro atoms. The molecule has 106 valence electrons. The minimum atomic E-state index is -0.456. The quantitative estimate of drug-likeness (QED) is 0.855. The van der Waals surface area contributed by atoms with Crippen LogP contribution in [0.5, 0.6) is 5.75 Å². The van der Waals surface area contributed by atoms with E-state index >= 15 is 0 Å². The number of rotatable bonds is 4. The average molecular weight is 272 g/mol. The molecule has 0 unspecified atom stereocenters. The van der Waals surface area contributed by atoms with Gasteiger partial charge in [0.2, 0.25) is 0 Å². The van der Waals surface area contributed by atoms with Crippen LogP contribution in [0.25, 0.3) is 10.8 Å². The highest BCUT2D eigenvalue weighted by atomic mass is 16.5. The van der Waals surface area contributed by atoms with Crippen molar-refractivity contribution in [3.8, 4) is 5.75 Å². The third-order valence-electron chi connectivity index (χ3n) is 3.75. The Labute approximate surface area is 119 Å². The first kappa shape index (κ1) is 14.4. The van der Waals surface area contributed by atoms with E-state index in [2.05, 4.69) is 0 Å². The van der Waals surface area contributed by atoms with E-state index in [9.17, 15) is 9.90 Å². The molecule has 20 heavy (non-hydrogen) atoms. The van der Waals surface area contributed by atoms with Crippen LogP contribution in [0.3, 0.4) is 0 Å². The molecule has 0 saturated carbocycles. The zero-order valence-corrected chi connectivity index (χ0v) is 12.1. The van der Waals surface area contributed by atoms with E-state index in [4.69, 9.17) is 4.74 Å². The molecule has 0 aromatic heterocycles. The second-order valence-corrected chi connectivity index (χ2v) is 5.64. The van der Waals surface area contributed by atoms with Gasteiger partial charge in [0.15, 0.2) is 0 Å². The molecule has 2 aromatic rings. The van der Waals surface area contributed by atoms with E-state index < -0.39 is 5.41 Å². The Morgan fingerprint density at radius 3 is 2.70 bits per heavy atom. The van der Waals surface area contributed by atoms with Gasteiger partial charge in [-0.2, -0.15) is 0 Å². The molecule has 0 amide bonds. The van der Waals surface area contributed by atoms with Crippen LogP contribution in [-0.4, -0.2) is 11.1 Å². The molecule has 3 nitrogen and oxygen atoms in total. The first-order valence-electron chi connectivity index (χ1n) is 6.82. The molecule has 0 aliphatic rings. The van der Waals surface area contributed by atoms with Gasteiger partial charge in [-0.25, -0.2) is 0 Å². The number of benzene rings is 2. The van der Waals surface area contributed by atoms with Crippen molar-refractivity contribution >= 4 is 16.7 Å². The Bertz CT molecular complexity index is 629. The first-order chi connectivity index (χ1) is 9.44. The van der Waals surface area contributed by atoms with Crippen LogP contribution in [0.15, 0.2) is 36.4 Å². The predicted octanol–water partition coefficient (Wildman–Crippen LogP) is 4.02. The fourth-order valence-corrected chi connectivity index (χ4v) is 1.95. The lowest BCUT2D eigenvalue weighted by molar-refractivity contribution is -0.155. The Kier molecular flexibility index (Phi) is 3.98. The summed E-state index contributed by atoms with van der Waals surface area (Å²) in [5.41, 5.74) is 0.491. The van der Waals surface area contributed by atoms with Crippen molar-refractivity contribution in [2.24, 2.45) is 5.41 Å². The molecule has 0 fully saturated rings. The van der Waals surface area contributed by atoms with Crippen LogP contribution < -0.4 is 0 Å². The Balaban J connectivity index is 2.21. The van der Waals surface area contributed by atoms with Gasteiger partial charge in [0.25, 0.3) is 0 Å². The summed E-state index contributed by atoms with van der Waals surface area (Å²) >= 11 is 0. The van der Waals surface area contributed by atoms with Crippen molar-refractivity contribution in [3.05, 3.63) is 42.0 Å². The van der Waals surface area contributed by atoms with Gasteiger partial charge in [-0.1, -0.05) is 31.2 Å². The number of hydrogen-bond donors (Lipinski definition) is 1. The number of phenolic OH excluding ortho intramolecular Hbond substituents is 1. The van der Waals surface area contributed by atoms with Gasteiger partial charge in [-0.05, 0) is 48.7 Å². The van der Waals surface area contributed by atoms with Crippen LogP contribution in [-0.2, 0) is 16.1 Å². The number of fused-ring (bicyclic) bond motifs is 1. The number of hydrogen-bond acceptors (Lipinski definition) is 3. The maximum Gasteiger partial charge on any atom is 0.311 e. The normalized spacial score (nSPS) is 11.6. The number of carbonyl (C=O) groups excluding carboxylic acids is 1. The molecular weight excluding hydrogens is 252 g/mol. The van der Waals surface area contributed by atoms with Gasteiger partial charge in [0, 0.05) is 0 Å². The molecule has 0 heterocycles. The molecule has 0 aliphatic heterocycles. The predicted molar refractivity (Wildman–Crippen MR) is 79.5 cm³/mol. The summed E-state index contributed by atoms with van der Waals surface area (Å²) in [7, 11) is 0. The zero-order valence-electron chi connectivity index (χ0n) is 12.1. The number of ether oxygens (including phenoxy) is 1. The molecule has 0 atom stereocenters. The van der Waals surface area contributed by atoms with E-state index in [0.717, 1.165) is 22.8 Å². The SMILES string of the molecule is CCC(C)(C)C(=O)OCc1cccc2cc(O)ccc12. The van der Waals surface area contributed by atoms with E-state index in [1.54, 1.807) is 12.1 Å². The second kappa shape index (κ2) is 5.53. The van der Waals surface area contributed by atoms with Gasteiger partial charge in [-0.3, -0.25) is 4.79 Å². The van der Waals surface area contributed by atoms with Crippen LogP contribution in [0.1, 0.15) is 32.8 Å². The van der Waals surface area contributed by atoms with Crippen LogP contribution in [0, 0.1) is 5.41 Å². The summed E-state index contributed by atoms with van der Waals surface area (Å²) in [6, 6.07) is 11.0. The molecule has 0 aliphatic carbocycles. The van der Waals surface area contributed by atoms with Gasteiger partial charge < -0.3 is 9.84 Å². The standard InChI is InChI=1S/C17H20O3/c1-4-17(2,3)16(19)20-11-13-7-5-6-12-10-14(18)8-9-15(12)13/h5-10,18H,4,11H2,1-3H3. The Hall–Kier alpha value is -2.03. The van der Waals surface area contributed by atoms with Crippen molar-refractivity contribution in [2.75, 3.05) is 0 Å². The summed E-state index contributed by atoms with van der Waals surface area (Å²) in [5, 5.41) is 11.4. The third kappa shape index (κ3) is 2.93. The summed E-state index contributed by atoms with van der Waals surface area (Å²) in [6.45, 7) is 6.00. The molecule has 0 saturated heterocycles. The van der Waals surface area contributed by atoms with Gasteiger partial charge in [0.05, 0.1) is 5.41 Å². The number of phenols is 1. The van der Waals surface area contributed by atoms with Crippen molar-refractivity contribution in [1.29, 1.82) is 0 Å². The molecule has 2 rings (SSSR count). The largest absolute Gasteiger partial charge is 0.508 e. The van der Waals surface area contributed by atoms with Gasteiger partial charge in [0.1, 0.15) is 12.4 Å². The summed E-state index contributed by atoms with van der Waals surface area (Å²) in [4.78, 5) is 12.0. The maximum atomic E-state index is 12.0. The Morgan fingerprint density at radius 2 is 2.00 bits per heavy atom. The third-order valence-corrected chi connectivity index (χ3v) is 3.75.